The molecule has 0 unspecified atom stereocenters. The van der Waals surface area contributed by atoms with Crippen molar-refractivity contribution in [3.8, 4) is 23.0 Å². The number of rotatable bonds is 17. The quantitative estimate of drug-likeness (QED) is 0.0911. The minimum Gasteiger partial charge on any atom is -0.493 e. The Morgan fingerprint density at radius 1 is 0.942 bits per heavy atom. The number of esters is 1. The number of carbonyl (C=O) groups is 4. The molecule has 0 radical (unpaired) electrons. The molecule has 0 aromatic heterocycles. The number of unbranched alkanes of at least 4 members (excludes halogenated alkanes) is 2. The van der Waals surface area contributed by atoms with Crippen LogP contribution in [0, 0.1) is 0 Å². The third kappa shape index (κ3) is 8.96. The first kappa shape index (κ1) is 39.2. The van der Waals surface area contributed by atoms with Gasteiger partial charge in [-0.3, -0.25) is 19.2 Å². The van der Waals surface area contributed by atoms with Crippen molar-refractivity contribution in [1.29, 1.82) is 0 Å². The first-order chi connectivity index (χ1) is 25.1. The summed E-state index contributed by atoms with van der Waals surface area (Å²) in [4.78, 5) is 55.0. The van der Waals surface area contributed by atoms with Crippen molar-refractivity contribution in [2.45, 2.75) is 82.1 Å². The Morgan fingerprint density at radius 2 is 1.60 bits per heavy atom. The SMILES string of the molecule is CCSC(SCC)[C@@H]1CCCN1C(=O)c1cc(OC)c(OCCCCCOc2cc3c(cc2OC)C(=O)N2C[C@H](OC(C)=O)C[C@H]2C(=O)N3)cc1N. The third-order valence-corrected chi connectivity index (χ3v) is 12.1. The van der Waals surface area contributed by atoms with Crippen LogP contribution in [-0.4, -0.2) is 108 Å². The number of methoxy groups -OCH3 is 2. The first-order valence-electron chi connectivity index (χ1n) is 17.9. The number of nitrogens with zero attached hydrogens (tertiary/aromatic N) is 2. The van der Waals surface area contributed by atoms with Crippen LogP contribution in [0.25, 0.3) is 0 Å². The van der Waals surface area contributed by atoms with Crippen molar-refractivity contribution in [2.24, 2.45) is 0 Å². The summed E-state index contributed by atoms with van der Waals surface area (Å²) < 4.78 is 28.8. The summed E-state index contributed by atoms with van der Waals surface area (Å²) in [6.07, 6.45) is 3.89. The van der Waals surface area contributed by atoms with E-state index in [1.807, 2.05) is 28.4 Å². The van der Waals surface area contributed by atoms with E-state index in [0.717, 1.165) is 37.2 Å². The van der Waals surface area contributed by atoms with Crippen molar-refractivity contribution in [1.82, 2.24) is 9.80 Å². The van der Waals surface area contributed by atoms with Crippen LogP contribution in [0.3, 0.4) is 0 Å². The van der Waals surface area contributed by atoms with E-state index in [1.54, 1.807) is 31.4 Å². The molecule has 284 valence electrons. The van der Waals surface area contributed by atoms with Gasteiger partial charge in [-0.05, 0) is 55.7 Å². The molecule has 3 amide bonds. The van der Waals surface area contributed by atoms with Crippen molar-refractivity contribution in [3.05, 3.63) is 35.4 Å². The standard InChI is InChI=1S/C37H50N4O9S2/c1-6-51-37(52-7-2)28-12-11-13-40(28)35(44)24-17-30(46-4)32(19-26(24)38)48-14-9-8-10-15-49-33-20-27-25(18-31(33)47-5)36(45)41-21-23(50-22(3)42)16-29(41)34(43)39-27/h17-20,23,28-29,37H,6-16,21,38H2,1-5H3,(H,39,43)/t23-,28+,29+/m1/s1. The Bertz CT molecular complexity index is 1620. The Hall–Kier alpha value is -3.98. The van der Waals surface area contributed by atoms with E-state index in [0.29, 0.717) is 70.7 Å². The maximum Gasteiger partial charge on any atom is 0.302 e. The molecule has 3 aliphatic heterocycles. The fraction of sp³-hybridized carbons (Fsp3) is 0.568. The molecule has 0 bridgehead atoms. The highest BCUT2D eigenvalue weighted by Gasteiger charge is 2.44. The lowest BCUT2D eigenvalue weighted by Crippen LogP contribution is -2.41. The molecular weight excluding hydrogens is 709 g/mol. The number of nitrogens with one attached hydrogen (secondary N) is 1. The smallest absolute Gasteiger partial charge is 0.302 e. The lowest BCUT2D eigenvalue weighted by molar-refractivity contribution is -0.145. The number of nitrogen functional groups attached to an aromatic ring is 1. The van der Waals surface area contributed by atoms with Crippen LogP contribution in [0.15, 0.2) is 24.3 Å². The van der Waals surface area contributed by atoms with E-state index >= 15 is 0 Å². The van der Waals surface area contributed by atoms with Gasteiger partial charge in [0, 0.05) is 37.7 Å². The van der Waals surface area contributed by atoms with Crippen molar-refractivity contribution < 1.29 is 42.9 Å². The fourth-order valence-corrected chi connectivity index (χ4v) is 9.80. The second-order valence-electron chi connectivity index (χ2n) is 12.8. The molecule has 2 aromatic carbocycles. The normalized spacial score (nSPS) is 19.5. The van der Waals surface area contributed by atoms with Crippen molar-refractivity contribution in [3.63, 3.8) is 0 Å². The lowest BCUT2D eigenvalue weighted by atomic mass is 10.1. The number of anilines is 2. The van der Waals surface area contributed by atoms with Gasteiger partial charge in [0.25, 0.3) is 11.8 Å². The van der Waals surface area contributed by atoms with Gasteiger partial charge in [0.15, 0.2) is 23.0 Å². The zero-order valence-electron chi connectivity index (χ0n) is 30.6. The summed E-state index contributed by atoms with van der Waals surface area (Å²) in [5.74, 6) is 2.50. The summed E-state index contributed by atoms with van der Waals surface area (Å²) in [6.45, 7) is 7.25. The Morgan fingerprint density at radius 3 is 2.23 bits per heavy atom. The van der Waals surface area contributed by atoms with E-state index < -0.39 is 18.1 Å². The van der Waals surface area contributed by atoms with Gasteiger partial charge < -0.3 is 44.5 Å². The summed E-state index contributed by atoms with van der Waals surface area (Å²) >= 11 is 3.80. The second-order valence-corrected chi connectivity index (χ2v) is 15.9. The van der Waals surface area contributed by atoms with Crippen LogP contribution >= 0.6 is 23.5 Å². The predicted octanol–water partition coefficient (Wildman–Crippen LogP) is 5.45. The molecule has 2 saturated heterocycles. The van der Waals surface area contributed by atoms with E-state index in [9.17, 15) is 19.2 Å². The molecule has 0 aliphatic carbocycles. The fourth-order valence-electron chi connectivity index (χ4n) is 6.93. The number of likely N-dealkylation sites (tertiary alicyclic amines) is 1. The van der Waals surface area contributed by atoms with Crippen LogP contribution in [-0.2, 0) is 14.3 Å². The highest BCUT2D eigenvalue weighted by molar-refractivity contribution is 8.17. The van der Waals surface area contributed by atoms with Crippen molar-refractivity contribution in [2.75, 3.05) is 63.1 Å². The number of benzene rings is 2. The molecule has 2 fully saturated rings. The van der Waals surface area contributed by atoms with Crippen LogP contribution < -0.4 is 30.0 Å². The molecule has 3 heterocycles. The largest absolute Gasteiger partial charge is 0.493 e. The molecule has 3 atom stereocenters. The molecule has 0 saturated carbocycles. The topological polar surface area (TPSA) is 159 Å². The summed E-state index contributed by atoms with van der Waals surface area (Å²) in [6, 6.07) is 5.97. The van der Waals surface area contributed by atoms with Gasteiger partial charge in [0.1, 0.15) is 12.1 Å². The highest BCUT2D eigenvalue weighted by atomic mass is 32.2. The van der Waals surface area contributed by atoms with Crippen LogP contribution in [0.1, 0.15) is 80.0 Å². The number of ether oxygens (including phenoxy) is 5. The van der Waals surface area contributed by atoms with E-state index in [2.05, 4.69) is 19.2 Å². The molecular formula is C37H50N4O9S2. The molecule has 5 rings (SSSR count). The maximum atomic E-state index is 13.7. The van der Waals surface area contributed by atoms with Gasteiger partial charge in [0.05, 0.1) is 61.4 Å². The number of thioether (sulfide) groups is 2. The minimum absolute atomic E-state index is 0.0712. The molecule has 52 heavy (non-hydrogen) atoms. The zero-order chi connectivity index (χ0) is 37.4. The van der Waals surface area contributed by atoms with Gasteiger partial charge in [-0.15, -0.1) is 23.5 Å². The highest BCUT2D eigenvalue weighted by Crippen LogP contribution is 2.40. The van der Waals surface area contributed by atoms with Gasteiger partial charge in [-0.25, -0.2) is 0 Å². The Balaban J connectivity index is 1.13. The second kappa shape index (κ2) is 18.2. The van der Waals surface area contributed by atoms with Crippen molar-refractivity contribution >= 4 is 58.6 Å². The summed E-state index contributed by atoms with van der Waals surface area (Å²) in [7, 11) is 3.04. The molecule has 3 N–H and O–H groups in total. The maximum absolute atomic E-state index is 13.7. The molecule has 15 heteroatoms. The number of fused-ring (bicyclic) bond motifs is 2. The molecule has 0 spiro atoms. The van der Waals surface area contributed by atoms with E-state index in [-0.39, 0.29) is 42.3 Å². The number of hydrogen-bond acceptors (Lipinski definition) is 12. The number of carbonyl (C=O) groups excluding carboxylic acids is 4. The number of hydrogen-bond donors (Lipinski definition) is 2. The Kier molecular flexibility index (Phi) is 13.7. The molecule has 13 nitrogen and oxygen atoms in total. The molecule has 3 aliphatic rings. The van der Waals surface area contributed by atoms with E-state index in [4.69, 9.17) is 29.4 Å². The van der Waals surface area contributed by atoms with Gasteiger partial charge >= 0.3 is 5.97 Å². The average molecular weight is 759 g/mol. The van der Waals surface area contributed by atoms with Gasteiger partial charge in [-0.1, -0.05) is 13.8 Å². The van der Waals surface area contributed by atoms with Gasteiger partial charge in [0.2, 0.25) is 5.91 Å². The average Bonchev–Trinajstić information content (AvgIpc) is 3.76. The van der Waals surface area contributed by atoms with E-state index in [1.165, 1.54) is 18.9 Å². The van der Waals surface area contributed by atoms with Crippen LogP contribution in [0.5, 0.6) is 23.0 Å². The first-order valence-corrected chi connectivity index (χ1v) is 20.0. The minimum atomic E-state index is -0.742. The van der Waals surface area contributed by atoms with Crippen LogP contribution in [0.4, 0.5) is 11.4 Å². The Labute approximate surface area is 313 Å². The van der Waals surface area contributed by atoms with Gasteiger partial charge in [-0.2, -0.15) is 0 Å². The van der Waals surface area contributed by atoms with Crippen LogP contribution in [0.2, 0.25) is 0 Å². The number of amides is 3. The monoisotopic (exact) mass is 758 g/mol. The number of nitrogens with two attached hydrogens (primary N) is 1. The third-order valence-electron chi connectivity index (χ3n) is 9.36. The molecule has 2 aromatic rings. The zero-order valence-corrected chi connectivity index (χ0v) is 32.2. The lowest BCUT2D eigenvalue weighted by Gasteiger charge is -2.31. The summed E-state index contributed by atoms with van der Waals surface area (Å²) in [5, 5.41) is 2.84. The predicted molar refractivity (Wildman–Crippen MR) is 203 cm³/mol. The summed E-state index contributed by atoms with van der Waals surface area (Å²) in [5.41, 5.74) is 7.85.